The van der Waals surface area contributed by atoms with Crippen molar-refractivity contribution in [3.63, 3.8) is 0 Å². The fourth-order valence-electron chi connectivity index (χ4n) is 1.39. The van der Waals surface area contributed by atoms with E-state index in [0.717, 1.165) is 26.2 Å². The van der Waals surface area contributed by atoms with Gasteiger partial charge in [-0.1, -0.05) is 0 Å². The molecule has 86 valence electrons. The second-order valence-corrected chi connectivity index (χ2v) is 2.94. The summed E-state index contributed by atoms with van der Waals surface area (Å²) >= 11 is 0. The number of rotatable bonds is 1. The Labute approximate surface area is 100 Å². The summed E-state index contributed by atoms with van der Waals surface area (Å²) in [5, 5.41) is 3.22. The summed E-state index contributed by atoms with van der Waals surface area (Å²) in [5.74, 6) is 0.206. The lowest BCUT2D eigenvalue weighted by Crippen LogP contribution is -2.43. The third kappa shape index (κ3) is 3.77. The molecule has 1 saturated heterocycles. The molecule has 1 aliphatic rings. The van der Waals surface area contributed by atoms with Crippen LogP contribution in [0.4, 0.5) is 10.2 Å². The van der Waals surface area contributed by atoms with Crippen molar-refractivity contribution in [1.29, 1.82) is 0 Å². The summed E-state index contributed by atoms with van der Waals surface area (Å²) in [4.78, 5) is 9.47. The van der Waals surface area contributed by atoms with Gasteiger partial charge in [-0.05, 0) is 0 Å². The molecular formula is C8H13Cl2FN4. The van der Waals surface area contributed by atoms with Crippen LogP contribution in [0.5, 0.6) is 0 Å². The van der Waals surface area contributed by atoms with Crippen molar-refractivity contribution in [2.45, 2.75) is 0 Å². The summed E-state index contributed by atoms with van der Waals surface area (Å²) < 4.78 is 12.7. The molecule has 0 saturated carbocycles. The number of anilines is 1. The topological polar surface area (TPSA) is 41.0 Å². The molecule has 15 heavy (non-hydrogen) atoms. The van der Waals surface area contributed by atoms with E-state index >= 15 is 0 Å². The maximum absolute atomic E-state index is 12.7. The fourth-order valence-corrected chi connectivity index (χ4v) is 1.39. The zero-order valence-corrected chi connectivity index (χ0v) is 9.65. The third-order valence-corrected chi connectivity index (χ3v) is 2.06. The number of aromatic nitrogens is 2. The van der Waals surface area contributed by atoms with E-state index in [9.17, 15) is 4.39 Å². The molecule has 0 amide bonds. The van der Waals surface area contributed by atoms with Gasteiger partial charge in [-0.2, -0.15) is 4.39 Å². The van der Waals surface area contributed by atoms with Crippen molar-refractivity contribution >= 4 is 30.6 Å². The van der Waals surface area contributed by atoms with Gasteiger partial charge >= 0.3 is 0 Å². The van der Waals surface area contributed by atoms with Gasteiger partial charge in [-0.15, -0.1) is 24.8 Å². The lowest BCUT2D eigenvalue weighted by Gasteiger charge is -2.27. The van der Waals surface area contributed by atoms with Crippen LogP contribution in [-0.2, 0) is 0 Å². The molecule has 2 rings (SSSR count). The minimum Gasteiger partial charge on any atom is -0.354 e. The average Bonchev–Trinajstić information content (AvgIpc) is 2.19. The molecule has 0 unspecified atom stereocenters. The van der Waals surface area contributed by atoms with E-state index in [1.807, 2.05) is 4.90 Å². The molecule has 4 nitrogen and oxygen atoms in total. The molecule has 7 heteroatoms. The van der Waals surface area contributed by atoms with E-state index in [2.05, 4.69) is 15.3 Å². The number of hydrogen-bond acceptors (Lipinski definition) is 4. The van der Waals surface area contributed by atoms with Crippen molar-refractivity contribution in [2.75, 3.05) is 31.1 Å². The van der Waals surface area contributed by atoms with Crippen LogP contribution in [0, 0.1) is 5.95 Å². The van der Waals surface area contributed by atoms with Crippen molar-refractivity contribution in [1.82, 2.24) is 15.3 Å². The Morgan fingerprint density at radius 1 is 1.20 bits per heavy atom. The molecule has 0 spiro atoms. The highest BCUT2D eigenvalue weighted by atomic mass is 35.5. The number of halogens is 3. The first-order chi connectivity index (χ1) is 6.36. The molecule has 0 bridgehead atoms. The molecule has 0 aliphatic carbocycles. The molecule has 1 N–H and O–H groups in total. The zero-order chi connectivity index (χ0) is 9.10. The van der Waals surface area contributed by atoms with Crippen LogP contribution >= 0.6 is 24.8 Å². The van der Waals surface area contributed by atoms with Gasteiger partial charge in [0.25, 0.3) is 0 Å². The highest BCUT2D eigenvalue weighted by Gasteiger charge is 2.11. The first-order valence-corrected chi connectivity index (χ1v) is 4.29. The van der Waals surface area contributed by atoms with Crippen LogP contribution in [0.1, 0.15) is 0 Å². The second kappa shape index (κ2) is 6.76. The number of nitrogens with zero attached hydrogens (tertiary/aromatic N) is 3. The van der Waals surface area contributed by atoms with E-state index in [0.29, 0.717) is 5.82 Å². The van der Waals surface area contributed by atoms with Crippen LogP contribution in [0.15, 0.2) is 12.4 Å². The van der Waals surface area contributed by atoms with Gasteiger partial charge in [0.15, 0.2) is 0 Å². The first-order valence-electron chi connectivity index (χ1n) is 4.29. The van der Waals surface area contributed by atoms with Crippen LogP contribution in [0.2, 0.25) is 0 Å². The number of nitrogens with one attached hydrogen (secondary N) is 1. The highest BCUT2D eigenvalue weighted by molar-refractivity contribution is 5.85. The SMILES string of the molecule is Cl.Cl.Fc1cc(N2CCNCC2)ncn1. The molecule has 2 heterocycles. The maximum atomic E-state index is 12.7. The molecular weight excluding hydrogens is 242 g/mol. The normalized spacial score (nSPS) is 15.1. The molecule has 0 radical (unpaired) electrons. The summed E-state index contributed by atoms with van der Waals surface area (Å²) in [6, 6.07) is 1.37. The van der Waals surface area contributed by atoms with Crippen LogP contribution < -0.4 is 10.2 Å². The molecule has 0 atom stereocenters. The summed E-state index contributed by atoms with van der Waals surface area (Å²) in [5.41, 5.74) is 0. The Hall–Kier alpha value is -0.650. The van der Waals surface area contributed by atoms with Crippen molar-refractivity contribution in [3.05, 3.63) is 18.3 Å². The van der Waals surface area contributed by atoms with Crippen molar-refractivity contribution in [2.24, 2.45) is 0 Å². The van der Waals surface area contributed by atoms with Gasteiger partial charge in [-0.3, -0.25) is 0 Å². The second-order valence-electron chi connectivity index (χ2n) is 2.94. The smallest absolute Gasteiger partial charge is 0.218 e. The highest BCUT2D eigenvalue weighted by Crippen LogP contribution is 2.10. The fraction of sp³-hybridized carbons (Fsp3) is 0.500. The van der Waals surface area contributed by atoms with Crippen molar-refractivity contribution < 1.29 is 4.39 Å². The van der Waals surface area contributed by atoms with Gasteiger partial charge < -0.3 is 10.2 Å². The zero-order valence-electron chi connectivity index (χ0n) is 8.02. The summed E-state index contributed by atoms with van der Waals surface area (Å²) in [6.07, 6.45) is 1.26. The van der Waals surface area contributed by atoms with Gasteiger partial charge in [-0.25, -0.2) is 9.97 Å². The van der Waals surface area contributed by atoms with Crippen molar-refractivity contribution in [3.8, 4) is 0 Å². The third-order valence-electron chi connectivity index (χ3n) is 2.06. The van der Waals surface area contributed by atoms with Crippen LogP contribution in [0.25, 0.3) is 0 Å². The Bertz CT molecular complexity index is 294. The quantitative estimate of drug-likeness (QED) is 0.756. The predicted molar refractivity (Wildman–Crippen MR) is 61.6 cm³/mol. The minimum atomic E-state index is -0.469. The molecule has 1 aromatic rings. The Balaban J connectivity index is 0.000000980. The molecule has 1 aromatic heterocycles. The first kappa shape index (κ1) is 14.3. The van der Waals surface area contributed by atoms with E-state index < -0.39 is 5.95 Å². The summed E-state index contributed by atoms with van der Waals surface area (Å²) in [7, 11) is 0. The Kier molecular flexibility index (Phi) is 6.47. The number of hydrogen-bond donors (Lipinski definition) is 1. The summed E-state index contributed by atoms with van der Waals surface area (Å²) in [6.45, 7) is 3.59. The van der Waals surface area contributed by atoms with E-state index in [1.54, 1.807) is 0 Å². The standard InChI is InChI=1S/C8H11FN4.2ClH/c9-7-5-8(12-6-11-7)13-3-1-10-2-4-13;;/h5-6,10H,1-4H2;2*1H. The van der Waals surface area contributed by atoms with Gasteiger partial charge in [0, 0.05) is 32.2 Å². The van der Waals surface area contributed by atoms with Gasteiger partial charge in [0.2, 0.25) is 5.95 Å². The predicted octanol–water partition coefficient (Wildman–Crippen LogP) is 0.869. The Morgan fingerprint density at radius 2 is 1.87 bits per heavy atom. The van der Waals surface area contributed by atoms with Gasteiger partial charge in [0.1, 0.15) is 12.1 Å². The molecule has 0 aromatic carbocycles. The molecule has 1 fully saturated rings. The minimum absolute atomic E-state index is 0. The molecule has 1 aliphatic heterocycles. The van der Waals surface area contributed by atoms with Crippen LogP contribution in [0.3, 0.4) is 0 Å². The largest absolute Gasteiger partial charge is 0.354 e. The maximum Gasteiger partial charge on any atom is 0.218 e. The average molecular weight is 255 g/mol. The lowest BCUT2D eigenvalue weighted by molar-refractivity contribution is 0.563. The lowest BCUT2D eigenvalue weighted by atomic mass is 10.3. The van der Waals surface area contributed by atoms with E-state index in [-0.39, 0.29) is 24.8 Å². The monoisotopic (exact) mass is 254 g/mol. The Morgan fingerprint density at radius 3 is 2.47 bits per heavy atom. The van der Waals surface area contributed by atoms with Gasteiger partial charge in [0.05, 0.1) is 0 Å². The van der Waals surface area contributed by atoms with E-state index in [4.69, 9.17) is 0 Å². The number of piperazine rings is 1. The van der Waals surface area contributed by atoms with Crippen LogP contribution in [-0.4, -0.2) is 36.1 Å². The van der Waals surface area contributed by atoms with E-state index in [1.165, 1.54) is 12.4 Å².